The van der Waals surface area contributed by atoms with E-state index in [9.17, 15) is 14.4 Å². The summed E-state index contributed by atoms with van der Waals surface area (Å²) in [6.07, 6.45) is 2.42. The van der Waals surface area contributed by atoms with Gasteiger partial charge in [-0.25, -0.2) is 0 Å². The van der Waals surface area contributed by atoms with Crippen molar-refractivity contribution in [2.45, 2.75) is 33.1 Å². The highest BCUT2D eigenvalue weighted by Crippen LogP contribution is 2.28. The minimum Gasteiger partial charge on any atom is -0.367 e. The lowest BCUT2D eigenvalue weighted by Crippen LogP contribution is -2.49. The molecule has 0 radical (unpaired) electrons. The summed E-state index contributed by atoms with van der Waals surface area (Å²) in [5.41, 5.74) is 3.95. The molecule has 4 rings (SSSR count). The van der Waals surface area contributed by atoms with Crippen LogP contribution in [0.15, 0.2) is 42.5 Å². The van der Waals surface area contributed by atoms with Gasteiger partial charge in [-0.05, 0) is 50.1 Å². The molecule has 2 aromatic rings. The molecule has 2 aromatic carbocycles. The van der Waals surface area contributed by atoms with Crippen LogP contribution >= 0.6 is 0 Å². The Morgan fingerprint density at radius 3 is 2.09 bits per heavy atom. The zero-order valence-corrected chi connectivity index (χ0v) is 19.5. The number of piperazine rings is 1. The number of nitrogens with one attached hydrogen (secondary N) is 1. The smallest absolute Gasteiger partial charge is 0.256 e. The highest BCUT2D eigenvalue weighted by molar-refractivity contribution is 6.02. The van der Waals surface area contributed by atoms with Gasteiger partial charge < -0.3 is 20.0 Å². The Kier molecular flexibility index (Phi) is 6.96. The second-order valence-corrected chi connectivity index (χ2v) is 8.78. The molecule has 0 aliphatic carbocycles. The first-order valence-electron chi connectivity index (χ1n) is 11.8. The lowest BCUT2D eigenvalue weighted by Gasteiger charge is -2.37. The molecular formula is C26H32N4O3. The van der Waals surface area contributed by atoms with E-state index in [-0.39, 0.29) is 17.7 Å². The van der Waals surface area contributed by atoms with Crippen LogP contribution in [0.1, 0.15) is 52.5 Å². The van der Waals surface area contributed by atoms with Crippen LogP contribution in [0.5, 0.6) is 0 Å². The number of nitrogens with zero attached hydrogens (tertiary/aromatic N) is 3. The maximum atomic E-state index is 13.3. The largest absolute Gasteiger partial charge is 0.367 e. The third kappa shape index (κ3) is 5.18. The number of likely N-dealkylation sites (tertiary alicyclic amines) is 1. The van der Waals surface area contributed by atoms with Crippen molar-refractivity contribution >= 4 is 29.1 Å². The number of benzene rings is 2. The van der Waals surface area contributed by atoms with Gasteiger partial charge in [0.05, 0.1) is 5.56 Å². The van der Waals surface area contributed by atoms with E-state index in [1.54, 1.807) is 13.0 Å². The van der Waals surface area contributed by atoms with Crippen LogP contribution in [0.2, 0.25) is 0 Å². The van der Waals surface area contributed by atoms with Crippen molar-refractivity contribution in [1.82, 2.24) is 9.80 Å². The molecule has 2 aliphatic rings. The van der Waals surface area contributed by atoms with E-state index in [4.69, 9.17) is 0 Å². The van der Waals surface area contributed by atoms with Crippen molar-refractivity contribution in [2.75, 3.05) is 49.5 Å². The molecule has 2 aliphatic heterocycles. The normalized spacial score (nSPS) is 16.1. The number of carbonyl (C=O) groups excluding carboxylic acids is 3. The van der Waals surface area contributed by atoms with Gasteiger partial charge in [0.1, 0.15) is 0 Å². The number of hydrogen-bond donors (Lipinski definition) is 1. The van der Waals surface area contributed by atoms with Crippen molar-refractivity contribution < 1.29 is 14.4 Å². The first kappa shape index (κ1) is 22.8. The predicted molar refractivity (Wildman–Crippen MR) is 130 cm³/mol. The van der Waals surface area contributed by atoms with Gasteiger partial charge in [-0.2, -0.15) is 0 Å². The molecule has 0 atom stereocenters. The number of aryl methyl sites for hydroxylation is 1. The Hall–Kier alpha value is -3.35. The second-order valence-electron chi connectivity index (χ2n) is 8.78. The Bertz CT molecular complexity index is 1020. The third-order valence-electron chi connectivity index (χ3n) is 6.43. The summed E-state index contributed by atoms with van der Waals surface area (Å²) in [5.74, 6) is -0.0283. The van der Waals surface area contributed by atoms with E-state index in [0.717, 1.165) is 37.2 Å². The Balaban J connectivity index is 1.51. The number of carbonyl (C=O) groups is 3. The average molecular weight is 449 g/mol. The molecule has 2 heterocycles. The minimum absolute atomic E-state index is 0.00765. The molecule has 33 heavy (non-hydrogen) atoms. The van der Waals surface area contributed by atoms with Crippen LogP contribution in [0.3, 0.4) is 0 Å². The fourth-order valence-electron chi connectivity index (χ4n) is 4.43. The van der Waals surface area contributed by atoms with Crippen LogP contribution in [-0.2, 0) is 4.79 Å². The fourth-order valence-corrected chi connectivity index (χ4v) is 4.43. The predicted octanol–water partition coefficient (Wildman–Crippen LogP) is 3.54. The van der Waals surface area contributed by atoms with Crippen molar-refractivity contribution in [1.29, 1.82) is 0 Å². The summed E-state index contributed by atoms with van der Waals surface area (Å²) in [4.78, 5) is 44.0. The van der Waals surface area contributed by atoms with Crippen LogP contribution in [-0.4, -0.2) is 66.8 Å². The number of hydrogen-bond acceptors (Lipinski definition) is 4. The molecule has 2 fully saturated rings. The zero-order valence-electron chi connectivity index (χ0n) is 19.5. The molecule has 0 aromatic heterocycles. The number of rotatable bonds is 5. The van der Waals surface area contributed by atoms with E-state index in [1.165, 1.54) is 0 Å². The van der Waals surface area contributed by atoms with Crippen LogP contribution in [0.25, 0.3) is 0 Å². The molecule has 1 N–H and O–H groups in total. The van der Waals surface area contributed by atoms with Crippen molar-refractivity contribution in [2.24, 2.45) is 0 Å². The van der Waals surface area contributed by atoms with Gasteiger partial charge in [-0.15, -0.1) is 0 Å². The van der Waals surface area contributed by atoms with E-state index in [0.29, 0.717) is 49.4 Å². The molecule has 174 valence electrons. The second kappa shape index (κ2) is 10.1. The number of amides is 3. The highest BCUT2D eigenvalue weighted by atomic mass is 16.2. The first-order valence-corrected chi connectivity index (χ1v) is 11.8. The van der Waals surface area contributed by atoms with E-state index >= 15 is 0 Å². The summed E-state index contributed by atoms with van der Waals surface area (Å²) in [7, 11) is 0. The summed E-state index contributed by atoms with van der Waals surface area (Å²) in [6, 6.07) is 13.2. The van der Waals surface area contributed by atoms with Crippen molar-refractivity contribution in [3.8, 4) is 0 Å². The maximum Gasteiger partial charge on any atom is 0.256 e. The average Bonchev–Trinajstić information content (AvgIpc) is 3.39. The molecule has 0 saturated carbocycles. The molecule has 0 bridgehead atoms. The Labute approximate surface area is 195 Å². The molecule has 7 heteroatoms. The maximum absolute atomic E-state index is 13.3. The summed E-state index contributed by atoms with van der Waals surface area (Å²) in [6.45, 7) is 7.84. The molecule has 7 nitrogen and oxygen atoms in total. The zero-order chi connectivity index (χ0) is 23.4. The lowest BCUT2D eigenvalue weighted by molar-refractivity contribution is -0.115. The molecule has 2 saturated heterocycles. The minimum atomic E-state index is -0.0782. The number of anilines is 2. The highest BCUT2D eigenvalue weighted by Gasteiger charge is 2.28. The summed E-state index contributed by atoms with van der Waals surface area (Å²) in [5, 5.41) is 2.87. The van der Waals surface area contributed by atoms with Crippen molar-refractivity contribution in [3.63, 3.8) is 0 Å². The van der Waals surface area contributed by atoms with Gasteiger partial charge in [0, 0.05) is 62.6 Å². The van der Waals surface area contributed by atoms with Gasteiger partial charge in [-0.1, -0.05) is 24.6 Å². The van der Waals surface area contributed by atoms with E-state index in [1.807, 2.05) is 53.1 Å². The standard InChI is InChI=1S/C26H32N4O3/c1-3-24(31)27-21-10-11-23(22(18-21)26(33)29-12-4-5-13-29)28-14-16-30(17-15-28)25(32)20-8-6-19(2)7-9-20/h6-11,18H,3-5,12-17H2,1-2H3,(H,27,31). The SMILES string of the molecule is CCC(=O)Nc1ccc(N2CCN(C(=O)c3ccc(C)cc3)CC2)c(C(=O)N2CCCC2)c1. The lowest BCUT2D eigenvalue weighted by atomic mass is 10.1. The van der Waals surface area contributed by atoms with Gasteiger partial charge in [0.2, 0.25) is 5.91 Å². The van der Waals surface area contributed by atoms with Gasteiger partial charge in [0.25, 0.3) is 11.8 Å². The van der Waals surface area contributed by atoms with Crippen LogP contribution in [0, 0.1) is 6.92 Å². The Morgan fingerprint density at radius 2 is 1.45 bits per heavy atom. The monoisotopic (exact) mass is 448 g/mol. The Morgan fingerprint density at radius 1 is 0.818 bits per heavy atom. The van der Waals surface area contributed by atoms with Gasteiger partial charge in [-0.3, -0.25) is 14.4 Å². The van der Waals surface area contributed by atoms with Gasteiger partial charge in [0.15, 0.2) is 0 Å². The molecule has 0 spiro atoms. The first-order chi connectivity index (χ1) is 16.0. The van der Waals surface area contributed by atoms with Crippen molar-refractivity contribution in [3.05, 3.63) is 59.2 Å². The fraction of sp³-hybridized carbons (Fsp3) is 0.423. The van der Waals surface area contributed by atoms with Crippen LogP contribution in [0.4, 0.5) is 11.4 Å². The summed E-state index contributed by atoms with van der Waals surface area (Å²) < 4.78 is 0. The van der Waals surface area contributed by atoms with E-state index in [2.05, 4.69) is 10.2 Å². The van der Waals surface area contributed by atoms with E-state index < -0.39 is 0 Å². The van der Waals surface area contributed by atoms with Gasteiger partial charge >= 0.3 is 0 Å². The quantitative estimate of drug-likeness (QED) is 0.759. The molecule has 0 unspecified atom stereocenters. The topological polar surface area (TPSA) is 73.0 Å². The van der Waals surface area contributed by atoms with Crippen LogP contribution < -0.4 is 10.2 Å². The summed E-state index contributed by atoms with van der Waals surface area (Å²) >= 11 is 0. The molecule has 3 amide bonds. The third-order valence-corrected chi connectivity index (χ3v) is 6.43. The molecular weight excluding hydrogens is 416 g/mol.